The van der Waals surface area contributed by atoms with Crippen molar-refractivity contribution in [3.8, 4) is 0 Å². The van der Waals surface area contributed by atoms with Crippen LogP contribution in [0.1, 0.15) is 46.8 Å². The molecule has 1 amide bonds. The number of hydrogen-bond acceptors (Lipinski definition) is 7. The Morgan fingerprint density at radius 1 is 0.946 bits per heavy atom. The predicted molar refractivity (Wildman–Crippen MR) is 138 cm³/mol. The van der Waals surface area contributed by atoms with Crippen molar-refractivity contribution in [2.24, 2.45) is 5.41 Å². The first-order valence-electron chi connectivity index (χ1n) is 13.1. The molecule has 2 aromatic heterocycles. The number of carbonyl (C=O) groups is 1. The Labute approximate surface area is 217 Å². The highest BCUT2D eigenvalue weighted by atomic mass is 16.3. The first-order chi connectivity index (χ1) is 18.1. The minimum atomic E-state index is -0.134. The van der Waals surface area contributed by atoms with Gasteiger partial charge in [0.2, 0.25) is 0 Å². The van der Waals surface area contributed by atoms with Gasteiger partial charge in [-0.15, -0.1) is 0 Å². The van der Waals surface area contributed by atoms with Gasteiger partial charge in [0.15, 0.2) is 0 Å². The topological polar surface area (TPSA) is 125 Å². The summed E-state index contributed by atoms with van der Waals surface area (Å²) >= 11 is 0. The summed E-state index contributed by atoms with van der Waals surface area (Å²) in [7, 11) is 0. The number of nitrogens with one attached hydrogen (secondary N) is 2. The molecule has 4 heterocycles. The van der Waals surface area contributed by atoms with Gasteiger partial charge in [0, 0.05) is 43.4 Å². The Morgan fingerprint density at radius 3 is 2.08 bits per heavy atom. The van der Waals surface area contributed by atoms with E-state index in [2.05, 4.69) is 41.9 Å². The Bertz CT molecular complexity index is 1070. The van der Waals surface area contributed by atoms with Gasteiger partial charge in [0.1, 0.15) is 11.6 Å². The summed E-state index contributed by atoms with van der Waals surface area (Å²) in [5.74, 6) is 1.40. The van der Waals surface area contributed by atoms with Crippen LogP contribution in [-0.4, -0.2) is 96.2 Å². The van der Waals surface area contributed by atoms with E-state index in [1.54, 1.807) is 29.7 Å². The Hall–Kier alpha value is -3.05. The van der Waals surface area contributed by atoms with Crippen LogP contribution in [0, 0.1) is 5.41 Å². The minimum absolute atomic E-state index is 0.0115. The maximum Gasteiger partial charge on any atom is 0.254 e. The van der Waals surface area contributed by atoms with Crippen LogP contribution >= 0.6 is 0 Å². The summed E-state index contributed by atoms with van der Waals surface area (Å²) in [5, 5.41) is 19.0. The molecule has 2 aliphatic heterocycles. The number of H-pyrrole nitrogens is 2. The largest absolute Gasteiger partial charge is 0.395 e. The third-order valence-corrected chi connectivity index (χ3v) is 8.00. The molecule has 3 aromatic rings. The van der Waals surface area contributed by atoms with Crippen molar-refractivity contribution in [1.82, 2.24) is 34.6 Å². The van der Waals surface area contributed by atoms with E-state index in [9.17, 15) is 15.0 Å². The number of piperidine rings is 1. The number of likely N-dealkylation sites (tertiary alicyclic amines) is 2. The molecule has 0 atom stereocenters. The van der Waals surface area contributed by atoms with Gasteiger partial charge in [-0.05, 0) is 62.0 Å². The molecule has 10 nitrogen and oxygen atoms in total. The van der Waals surface area contributed by atoms with Crippen LogP contribution in [0.4, 0.5) is 0 Å². The highest BCUT2D eigenvalue weighted by Gasteiger charge is 2.41. The average molecular weight is 508 g/mol. The molecule has 4 N–H and O–H groups in total. The number of hydrogen-bond donors (Lipinski definition) is 4. The van der Waals surface area contributed by atoms with Crippen molar-refractivity contribution < 1.29 is 15.0 Å². The Balaban J connectivity index is 1.17. The Kier molecular flexibility index (Phi) is 7.99. The molecule has 37 heavy (non-hydrogen) atoms. The van der Waals surface area contributed by atoms with Crippen molar-refractivity contribution >= 4 is 5.91 Å². The molecule has 0 aliphatic carbocycles. The lowest BCUT2D eigenvalue weighted by atomic mass is 9.77. The summed E-state index contributed by atoms with van der Waals surface area (Å²) in [5.41, 5.74) is 2.19. The van der Waals surface area contributed by atoms with E-state index in [0.29, 0.717) is 24.1 Å². The normalized spacial score (nSPS) is 18.1. The number of aromatic nitrogens is 4. The molecular formula is C27H37N7O3. The zero-order valence-electron chi connectivity index (χ0n) is 21.2. The molecule has 0 unspecified atom stereocenters. The van der Waals surface area contributed by atoms with Crippen molar-refractivity contribution in [3.63, 3.8) is 0 Å². The van der Waals surface area contributed by atoms with Crippen molar-refractivity contribution in [2.75, 3.05) is 39.4 Å². The molecule has 0 bridgehead atoms. The van der Waals surface area contributed by atoms with Crippen molar-refractivity contribution in [3.05, 3.63) is 71.8 Å². The highest BCUT2D eigenvalue weighted by Crippen LogP contribution is 2.41. The minimum Gasteiger partial charge on any atom is -0.395 e. The molecule has 2 saturated heterocycles. The number of nitrogens with zero attached hydrogens (tertiary/aromatic N) is 5. The second-order valence-corrected chi connectivity index (χ2v) is 10.4. The van der Waals surface area contributed by atoms with Gasteiger partial charge in [0.05, 0.1) is 32.3 Å². The summed E-state index contributed by atoms with van der Waals surface area (Å²) in [6, 6.07) is 7.83. The molecule has 10 heteroatoms. The Morgan fingerprint density at radius 2 is 1.54 bits per heavy atom. The van der Waals surface area contributed by atoms with Gasteiger partial charge in [-0.1, -0.05) is 12.1 Å². The molecule has 0 saturated carbocycles. The van der Waals surface area contributed by atoms with E-state index in [-0.39, 0.29) is 25.2 Å². The van der Waals surface area contributed by atoms with Crippen LogP contribution in [0.5, 0.6) is 0 Å². The fourth-order valence-electron chi connectivity index (χ4n) is 5.75. The van der Waals surface area contributed by atoms with Gasteiger partial charge in [-0.25, -0.2) is 9.97 Å². The van der Waals surface area contributed by atoms with Gasteiger partial charge in [-0.2, -0.15) is 0 Å². The average Bonchev–Trinajstić information content (AvgIpc) is 3.70. The number of rotatable bonds is 10. The number of aliphatic hydroxyl groups excluding tert-OH is 2. The van der Waals surface area contributed by atoms with Gasteiger partial charge < -0.3 is 25.1 Å². The molecule has 198 valence electrons. The molecule has 5 rings (SSSR count). The van der Waals surface area contributed by atoms with Crippen molar-refractivity contribution in [2.45, 2.75) is 44.9 Å². The van der Waals surface area contributed by atoms with E-state index in [4.69, 9.17) is 0 Å². The zero-order chi connectivity index (χ0) is 25.7. The van der Waals surface area contributed by atoms with Crippen LogP contribution in [-0.2, 0) is 19.6 Å². The SMILES string of the molecule is O=C(c1ccc(CN2CCC3(CCN(C(CO)CO)CC3)C2)cc1)N(Cc1ncc[nH]1)Cc1ncc[nH]1. The van der Waals surface area contributed by atoms with E-state index < -0.39 is 0 Å². The van der Waals surface area contributed by atoms with E-state index >= 15 is 0 Å². The standard InChI is InChI=1S/C27H37N7O3/c35-18-23(19-36)33-13-6-27(7-14-33)5-12-32(20-27)15-21-1-3-22(4-2-21)26(37)34(16-24-28-8-9-29-24)17-25-30-10-11-31-25/h1-4,8-11,23,35-36H,5-7,12-20H2,(H,28,29)(H,30,31). The highest BCUT2D eigenvalue weighted by molar-refractivity contribution is 5.94. The third-order valence-electron chi connectivity index (χ3n) is 8.00. The number of benzene rings is 1. The van der Waals surface area contributed by atoms with Crippen LogP contribution < -0.4 is 0 Å². The quantitative estimate of drug-likeness (QED) is 0.329. The van der Waals surface area contributed by atoms with Gasteiger partial charge in [0.25, 0.3) is 5.91 Å². The predicted octanol–water partition coefficient (Wildman–Crippen LogP) is 1.62. The lowest BCUT2D eigenvalue weighted by Crippen LogP contribution is -2.48. The lowest BCUT2D eigenvalue weighted by Gasteiger charge is -2.42. The monoisotopic (exact) mass is 507 g/mol. The number of imidazole rings is 2. The van der Waals surface area contributed by atoms with Crippen LogP contribution in [0.3, 0.4) is 0 Å². The fraction of sp³-hybridized carbons (Fsp3) is 0.519. The van der Waals surface area contributed by atoms with Crippen molar-refractivity contribution in [1.29, 1.82) is 0 Å². The third kappa shape index (κ3) is 6.10. The number of amides is 1. The zero-order valence-corrected chi connectivity index (χ0v) is 21.2. The van der Waals surface area contributed by atoms with Crippen LogP contribution in [0.15, 0.2) is 49.1 Å². The van der Waals surface area contributed by atoms with Gasteiger partial charge in [-0.3, -0.25) is 14.6 Å². The molecule has 0 radical (unpaired) electrons. The maximum atomic E-state index is 13.4. The van der Waals surface area contributed by atoms with E-state index in [1.165, 1.54) is 12.0 Å². The first-order valence-corrected chi connectivity index (χ1v) is 13.1. The van der Waals surface area contributed by atoms with E-state index in [1.807, 2.05) is 12.1 Å². The molecule has 2 fully saturated rings. The maximum absolute atomic E-state index is 13.4. The summed E-state index contributed by atoms with van der Waals surface area (Å²) in [6.45, 7) is 5.66. The number of aromatic amines is 2. The molecule has 1 spiro atoms. The smallest absolute Gasteiger partial charge is 0.254 e. The van der Waals surface area contributed by atoms with Crippen LogP contribution in [0.2, 0.25) is 0 Å². The summed E-state index contributed by atoms with van der Waals surface area (Å²) < 4.78 is 0. The molecule has 2 aliphatic rings. The fourth-order valence-corrected chi connectivity index (χ4v) is 5.75. The second kappa shape index (κ2) is 11.6. The van der Waals surface area contributed by atoms with E-state index in [0.717, 1.165) is 57.2 Å². The first kappa shape index (κ1) is 25.6. The number of aliphatic hydroxyl groups is 2. The summed E-state index contributed by atoms with van der Waals surface area (Å²) in [6.07, 6.45) is 10.3. The molecule has 1 aromatic carbocycles. The molecular weight excluding hydrogens is 470 g/mol. The lowest BCUT2D eigenvalue weighted by molar-refractivity contribution is 0.0251. The number of carbonyl (C=O) groups excluding carboxylic acids is 1. The second-order valence-electron chi connectivity index (χ2n) is 10.4. The summed E-state index contributed by atoms with van der Waals surface area (Å²) in [4.78, 5) is 34.6. The van der Waals surface area contributed by atoms with Crippen LogP contribution in [0.25, 0.3) is 0 Å². The van der Waals surface area contributed by atoms with Gasteiger partial charge >= 0.3 is 0 Å².